The fourth-order valence-electron chi connectivity index (χ4n) is 0.725. The zero-order valence-electron chi connectivity index (χ0n) is 11.3. The van der Waals surface area contributed by atoms with Gasteiger partial charge in [-0.25, -0.2) is 0 Å². The Balaban J connectivity index is 3.12. The third-order valence-electron chi connectivity index (χ3n) is 1.17. The molecule has 0 saturated carbocycles. The Hall–Kier alpha value is -0.890. The summed E-state index contributed by atoms with van der Waals surface area (Å²) in [4.78, 5) is 3.71. The van der Waals surface area contributed by atoms with E-state index in [9.17, 15) is 0 Å². The molecular weight excluding hydrogens is 202 g/mol. The quantitative estimate of drug-likeness (QED) is 0.656. The molecule has 1 nitrogen and oxygen atoms in total. The molecule has 0 fully saturated rings. The van der Waals surface area contributed by atoms with Crippen LogP contribution in [-0.4, -0.2) is 4.98 Å². The van der Waals surface area contributed by atoms with Gasteiger partial charge in [-0.1, -0.05) is 22.0 Å². The van der Waals surface area contributed by atoms with Crippen LogP contribution in [0.25, 0.3) is 10.9 Å². The van der Waals surface area contributed by atoms with Gasteiger partial charge in [0.05, 0.1) is 13.7 Å². The van der Waals surface area contributed by atoms with Gasteiger partial charge in [-0.2, -0.15) is 0 Å². The predicted octanol–water partition coefficient (Wildman–Crippen LogP) is 3.00. The van der Waals surface area contributed by atoms with Crippen LogP contribution < -0.4 is 0 Å². The summed E-state index contributed by atoms with van der Waals surface area (Å²) >= 11 is 3.01. The third-order valence-corrected chi connectivity index (χ3v) is 1.57. The molecule has 1 aromatic carbocycles. The van der Waals surface area contributed by atoms with E-state index in [1.165, 1.54) is 0 Å². The molecular formula is C9H6BrN. The standard InChI is InChI=1S/C9H6BrN/c10-8-3-4-9-7(6-8)2-1-5-11-9/h1-6H/i1D,2D,3D,4D,5D,6D. The summed E-state index contributed by atoms with van der Waals surface area (Å²) in [6.07, 6.45) is -0.419. The minimum Gasteiger partial charge on any atom is -0.256 e. The van der Waals surface area contributed by atoms with Crippen LogP contribution in [0.5, 0.6) is 0 Å². The monoisotopic (exact) mass is 213 g/mol. The maximum absolute atomic E-state index is 7.78. The number of hydrogen-bond donors (Lipinski definition) is 0. The molecule has 0 radical (unpaired) electrons. The van der Waals surface area contributed by atoms with Gasteiger partial charge in [0.1, 0.15) is 0 Å². The smallest absolute Gasteiger partial charge is 0.0840 e. The lowest BCUT2D eigenvalue weighted by Gasteiger charge is -1.94. The van der Waals surface area contributed by atoms with E-state index in [-0.39, 0.29) is 45.6 Å². The van der Waals surface area contributed by atoms with Crippen molar-refractivity contribution >= 4 is 26.8 Å². The lowest BCUT2D eigenvalue weighted by Crippen LogP contribution is -1.75. The minimum atomic E-state index is -0.419. The van der Waals surface area contributed by atoms with Crippen LogP contribution in [0.1, 0.15) is 8.22 Å². The molecule has 0 unspecified atom stereocenters. The van der Waals surface area contributed by atoms with Crippen molar-refractivity contribution in [2.45, 2.75) is 0 Å². The van der Waals surface area contributed by atoms with Crippen molar-refractivity contribution < 1.29 is 8.22 Å². The molecule has 0 bridgehead atoms. The van der Waals surface area contributed by atoms with Gasteiger partial charge in [0.2, 0.25) is 0 Å². The van der Waals surface area contributed by atoms with Crippen molar-refractivity contribution in [1.82, 2.24) is 4.98 Å². The second-order valence-corrected chi connectivity index (χ2v) is 2.68. The summed E-state index contributed by atoms with van der Waals surface area (Å²) in [5.74, 6) is 0. The number of pyridine rings is 1. The number of nitrogens with zero attached hydrogens (tertiary/aromatic N) is 1. The Labute approximate surface area is 81.6 Å². The van der Waals surface area contributed by atoms with Gasteiger partial charge in [0.15, 0.2) is 0 Å². The number of hydrogen-bond acceptors (Lipinski definition) is 1. The number of fused-ring (bicyclic) bond motifs is 1. The van der Waals surface area contributed by atoms with E-state index in [2.05, 4.69) is 20.9 Å². The Morgan fingerprint density at radius 3 is 3.18 bits per heavy atom. The molecule has 0 spiro atoms. The topological polar surface area (TPSA) is 12.9 Å². The van der Waals surface area contributed by atoms with Crippen molar-refractivity contribution in [2.24, 2.45) is 0 Å². The zero-order valence-corrected chi connectivity index (χ0v) is 6.91. The average Bonchev–Trinajstić information content (AvgIpc) is 2.30. The van der Waals surface area contributed by atoms with Gasteiger partial charge < -0.3 is 0 Å². The molecule has 0 aliphatic carbocycles. The molecule has 11 heavy (non-hydrogen) atoms. The first kappa shape index (κ1) is 2.87. The van der Waals surface area contributed by atoms with E-state index < -0.39 is 6.17 Å². The molecule has 54 valence electrons. The highest BCUT2D eigenvalue weighted by atomic mass is 79.9. The second kappa shape index (κ2) is 2.62. The molecule has 2 aromatic rings. The van der Waals surface area contributed by atoms with Crippen molar-refractivity contribution in [3.05, 3.63) is 40.9 Å². The summed E-state index contributed by atoms with van der Waals surface area (Å²) in [5, 5.41) is 0.0267. The largest absolute Gasteiger partial charge is 0.256 e. The Bertz CT molecular complexity index is 633. The van der Waals surface area contributed by atoms with Crippen LogP contribution in [0.3, 0.4) is 0 Å². The highest BCUT2D eigenvalue weighted by Gasteiger charge is 1.91. The summed E-state index contributed by atoms with van der Waals surface area (Å²) in [6.45, 7) is 0. The first-order valence-corrected chi connectivity index (χ1v) is 3.68. The maximum atomic E-state index is 7.78. The normalized spacial score (nSPS) is 17.9. The van der Waals surface area contributed by atoms with Crippen LogP contribution >= 0.6 is 15.9 Å². The molecule has 1 heterocycles. The molecule has 0 amide bonds. The highest BCUT2D eigenvalue weighted by Crippen LogP contribution is 2.16. The summed E-state index contributed by atoms with van der Waals surface area (Å²) in [5.41, 5.74) is -0.0470. The van der Waals surface area contributed by atoms with Gasteiger partial charge in [-0.15, -0.1) is 0 Å². The fourth-order valence-corrected chi connectivity index (χ4v) is 1.02. The van der Waals surface area contributed by atoms with Gasteiger partial charge in [-0.05, 0) is 24.2 Å². The fraction of sp³-hybridized carbons (Fsp3) is 0. The molecule has 0 aliphatic heterocycles. The van der Waals surface area contributed by atoms with Crippen LogP contribution in [0, 0.1) is 0 Å². The number of benzene rings is 1. The summed E-state index contributed by atoms with van der Waals surface area (Å²) in [7, 11) is 0. The van der Waals surface area contributed by atoms with Gasteiger partial charge in [0, 0.05) is 16.0 Å². The van der Waals surface area contributed by atoms with Crippen molar-refractivity contribution in [2.75, 3.05) is 0 Å². The maximum Gasteiger partial charge on any atom is 0.0840 e. The Morgan fingerprint density at radius 2 is 2.27 bits per heavy atom. The lowest BCUT2D eigenvalue weighted by atomic mass is 10.2. The van der Waals surface area contributed by atoms with E-state index >= 15 is 0 Å². The number of rotatable bonds is 0. The third kappa shape index (κ3) is 1.26. The molecule has 2 rings (SSSR count). The van der Waals surface area contributed by atoms with Crippen LogP contribution in [-0.2, 0) is 0 Å². The summed E-state index contributed by atoms with van der Waals surface area (Å²) < 4.78 is 45.7. The van der Waals surface area contributed by atoms with Gasteiger partial charge in [-0.3, -0.25) is 4.98 Å². The number of aromatic nitrogens is 1. The molecule has 1 aromatic heterocycles. The van der Waals surface area contributed by atoms with Crippen molar-refractivity contribution in [1.29, 1.82) is 0 Å². The van der Waals surface area contributed by atoms with Crippen LogP contribution in [0.2, 0.25) is 0 Å². The summed E-state index contributed by atoms with van der Waals surface area (Å²) in [6, 6.07) is -1.28. The first-order chi connectivity index (χ1) is 7.86. The van der Waals surface area contributed by atoms with Crippen LogP contribution in [0.15, 0.2) is 40.9 Å². The molecule has 0 aliphatic rings. The zero-order chi connectivity index (χ0) is 12.9. The van der Waals surface area contributed by atoms with Crippen LogP contribution in [0.4, 0.5) is 0 Å². The SMILES string of the molecule is [2H]c1nc2c([2H])c([2H])c(Br)c([2H])c2c([2H])c1[2H]. The average molecular weight is 214 g/mol. The molecule has 2 heteroatoms. The van der Waals surface area contributed by atoms with E-state index in [1.807, 2.05) is 0 Å². The van der Waals surface area contributed by atoms with Crippen molar-refractivity contribution in [3.8, 4) is 0 Å². The van der Waals surface area contributed by atoms with E-state index in [0.717, 1.165) is 0 Å². The second-order valence-electron chi connectivity index (χ2n) is 1.89. The lowest BCUT2D eigenvalue weighted by molar-refractivity contribution is 1.41. The van der Waals surface area contributed by atoms with E-state index in [4.69, 9.17) is 8.22 Å². The predicted molar refractivity (Wildman–Crippen MR) is 49.4 cm³/mol. The Kier molecular flexibility index (Phi) is 0.684. The van der Waals surface area contributed by atoms with Gasteiger partial charge >= 0.3 is 0 Å². The number of halogens is 1. The molecule has 0 saturated heterocycles. The first-order valence-electron chi connectivity index (χ1n) is 5.89. The molecule has 0 N–H and O–H groups in total. The van der Waals surface area contributed by atoms with Gasteiger partial charge in [0.25, 0.3) is 0 Å². The molecule has 0 atom stereocenters. The van der Waals surface area contributed by atoms with E-state index in [1.54, 1.807) is 0 Å². The van der Waals surface area contributed by atoms with E-state index in [0.29, 0.717) is 0 Å². The highest BCUT2D eigenvalue weighted by molar-refractivity contribution is 9.10. The Morgan fingerprint density at radius 1 is 1.36 bits per heavy atom. The van der Waals surface area contributed by atoms with Crippen molar-refractivity contribution in [3.63, 3.8) is 0 Å². The minimum absolute atomic E-state index is 0.0267.